The topological polar surface area (TPSA) is 109 Å². The molecule has 0 saturated carbocycles. The van der Waals surface area contributed by atoms with Crippen LogP contribution in [0, 0.1) is 11.7 Å². The van der Waals surface area contributed by atoms with Gasteiger partial charge in [-0.05, 0) is 30.9 Å². The SMILES string of the molecule is O=C1CCN(CCC(=O)N2CCCC(Cc3nc(-c4ccccc4F)no3)C2)C(=O)N1. The van der Waals surface area contributed by atoms with Gasteiger partial charge in [-0.2, -0.15) is 4.98 Å². The molecule has 31 heavy (non-hydrogen) atoms. The molecule has 10 heteroatoms. The highest BCUT2D eigenvalue weighted by atomic mass is 19.1. The van der Waals surface area contributed by atoms with Gasteiger partial charge in [-0.15, -0.1) is 0 Å². The van der Waals surface area contributed by atoms with Crippen LogP contribution in [0.25, 0.3) is 11.4 Å². The first-order valence-electron chi connectivity index (χ1n) is 10.4. The number of carbonyl (C=O) groups is 3. The van der Waals surface area contributed by atoms with Crippen LogP contribution in [0.3, 0.4) is 0 Å². The molecule has 3 heterocycles. The summed E-state index contributed by atoms with van der Waals surface area (Å²) in [7, 11) is 0. The molecule has 2 saturated heterocycles. The van der Waals surface area contributed by atoms with E-state index in [1.807, 2.05) is 0 Å². The number of benzene rings is 1. The van der Waals surface area contributed by atoms with Gasteiger partial charge in [0.05, 0.1) is 5.56 Å². The second-order valence-electron chi connectivity index (χ2n) is 7.88. The van der Waals surface area contributed by atoms with Crippen molar-refractivity contribution in [1.29, 1.82) is 0 Å². The van der Waals surface area contributed by atoms with Gasteiger partial charge in [-0.1, -0.05) is 17.3 Å². The number of carbonyl (C=O) groups excluding carboxylic acids is 3. The summed E-state index contributed by atoms with van der Waals surface area (Å²) in [4.78, 5) is 43.3. The number of imide groups is 1. The molecular formula is C21H24FN5O4. The summed E-state index contributed by atoms with van der Waals surface area (Å²) in [5.74, 6) is 0.0958. The van der Waals surface area contributed by atoms with Gasteiger partial charge in [0.15, 0.2) is 0 Å². The van der Waals surface area contributed by atoms with Gasteiger partial charge in [-0.3, -0.25) is 14.9 Å². The van der Waals surface area contributed by atoms with Gasteiger partial charge in [0.2, 0.25) is 23.5 Å². The number of urea groups is 1. The number of aromatic nitrogens is 2. The lowest BCUT2D eigenvalue weighted by Crippen LogP contribution is -2.50. The summed E-state index contributed by atoms with van der Waals surface area (Å²) >= 11 is 0. The van der Waals surface area contributed by atoms with Crippen molar-refractivity contribution in [3.8, 4) is 11.4 Å². The largest absolute Gasteiger partial charge is 0.342 e. The second-order valence-corrected chi connectivity index (χ2v) is 7.88. The van der Waals surface area contributed by atoms with E-state index >= 15 is 0 Å². The molecule has 1 aromatic carbocycles. The van der Waals surface area contributed by atoms with E-state index in [0.29, 0.717) is 37.5 Å². The van der Waals surface area contributed by atoms with E-state index in [1.54, 1.807) is 23.1 Å². The lowest BCUT2D eigenvalue weighted by Gasteiger charge is -2.33. The molecular weight excluding hydrogens is 405 g/mol. The van der Waals surface area contributed by atoms with Crippen molar-refractivity contribution < 1.29 is 23.3 Å². The van der Waals surface area contributed by atoms with E-state index < -0.39 is 11.8 Å². The molecule has 1 atom stereocenters. The van der Waals surface area contributed by atoms with Crippen LogP contribution in [-0.4, -0.2) is 64.0 Å². The highest BCUT2D eigenvalue weighted by Crippen LogP contribution is 2.24. The van der Waals surface area contributed by atoms with E-state index in [2.05, 4.69) is 15.5 Å². The molecule has 0 radical (unpaired) electrons. The van der Waals surface area contributed by atoms with Gasteiger partial charge in [0.1, 0.15) is 5.82 Å². The maximum Gasteiger partial charge on any atom is 0.324 e. The monoisotopic (exact) mass is 429 g/mol. The van der Waals surface area contributed by atoms with E-state index in [1.165, 1.54) is 11.0 Å². The minimum atomic E-state index is -0.442. The summed E-state index contributed by atoms with van der Waals surface area (Å²) in [5, 5.41) is 6.15. The normalized spacial score (nSPS) is 19.5. The summed E-state index contributed by atoms with van der Waals surface area (Å²) in [6.45, 7) is 1.86. The fraction of sp³-hybridized carbons (Fsp3) is 0.476. The Labute approximate surface area is 178 Å². The van der Waals surface area contributed by atoms with Crippen molar-refractivity contribution in [2.24, 2.45) is 5.92 Å². The van der Waals surface area contributed by atoms with Crippen LogP contribution in [0.4, 0.5) is 9.18 Å². The summed E-state index contributed by atoms with van der Waals surface area (Å²) in [6.07, 6.45) is 2.78. The quantitative estimate of drug-likeness (QED) is 0.752. The average Bonchev–Trinajstić information content (AvgIpc) is 3.21. The Morgan fingerprint density at radius 3 is 2.90 bits per heavy atom. The zero-order chi connectivity index (χ0) is 21.8. The molecule has 0 aliphatic carbocycles. The molecule has 4 amide bonds. The number of hydrogen-bond donors (Lipinski definition) is 1. The molecule has 2 aliphatic heterocycles. The third-order valence-electron chi connectivity index (χ3n) is 5.66. The predicted molar refractivity (Wildman–Crippen MR) is 107 cm³/mol. The molecule has 2 aromatic rings. The molecule has 1 N–H and O–H groups in total. The van der Waals surface area contributed by atoms with Crippen molar-refractivity contribution in [3.05, 3.63) is 36.0 Å². The Bertz CT molecular complexity index is 978. The van der Waals surface area contributed by atoms with Crippen molar-refractivity contribution in [2.75, 3.05) is 26.2 Å². The summed E-state index contributed by atoms with van der Waals surface area (Å²) in [6, 6.07) is 5.82. The van der Waals surface area contributed by atoms with E-state index in [0.717, 1.165) is 12.8 Å². The highest BCUT2D eigenvalue weighted by Gasteiger charge is 2.28. The number of piperidine rings is 1. The van der Waals surface area contributed by atoms with E-state index in [4.69, 9.17) is 4.52 Å². The third kappa shape index (κ3) is 5.07. The number of rotatable bonds is 6. The first kappa shape index (κ1) is 21.0. The van der Waals surface area contributed by atoms with Gasteiger partial charge >= 0.3 is 6.03 Å². The standard InChI is InChI=1S/C21H24FN5O4/c22-16-6-2-1-5-15(16)20-24-18(31-25-20)12-14-4-3-9-27(13-14)19(29)8-11-26-10-7-17(28)23-21(26)30/h1-2,5-6,14H,3-4,7-13H2,(H,23,28,30). The Hall–Kier alpha value is -3.30. The predicted octanol–water partition coefficient (Wildman–Crippen LogP) is 1.99. The van der Waals surface area contributed by atoms with Gasteiger partial charge < -0.3 is 14.3 Å². The molecule has 2 aliphatic rings. The second kappa shape index (κ2) is 9.23. The van der Waals surface area contributed by atoms with Crippen LogP contribution in [0.1, 0.15) is 31.6 Å². The van der Waals surface area contributed by atoms with Crippen LogP contribution in [-0.2, 0) is 16.0 Å². The van der Waals surface area contributed by atoms with Crippen LogP contribution in [0.15, 0.2) is 28.8 Å². The van der Waals surface area contributed by atoms with Crippen LogP contribution in [0.2, 0.25) is 0 Å². The molecule has 9 nitrogen and oxygen atoms in total. The fourth-order valence-electron chi connectivity index (χ4n) is 4.00. The average molecular weight is 429 g/mol. The van der Waals surface area contributed by atoms with Crippen LogP contribution in [0.5, 0.6) is 0 Å². The van der Waals surface area contributed by atoms with Crippen molar-refractivity contribution in [1.82, 2.24) is 25.3 Å². The van der Waals surface area contributed by atoms with Crippen molar-refractivity contribution in [2.45, 2.75) is 32.1 Å². The van der Waals surface area contributed by atoms with E-state index in [9.17, 15) is 18.8 Å². The zero-order valence-electron chi connectivity index (χ0n) is 17.1. The number of nitrogens with zero attached hydrogens (tertiary/aromatic N) is 4. The molecule has 0 bridgehead atoms. The number of amides is 4. The van der Waals surface area contributed by atoms with Crippen LogP contribution < -0.4 is 5.32 Å². The maximum atomic E-state index is 13.9. The Kier molecular flexibility index (Phi) is 6.24. The van der Waals surface area contributed by atoms with Gasteiger partial charge in [0, 0.05) is 45.4 Å². The lowest BCUT2D eigenvalue weighted by atomic mass is 9.94. The number of likely N-dealkylation sites (tertiary alicyclic amines) is 1. The first-order chi connectivity index (χ1) is 15.0. The lowest BCUT2D eigenvalue weighted by molar-refractivity contribution is -0.133. The van der Waals surface area contributed by atoms with E-state index in [-0.39, 0.29) is 42.9 Å². The molecule has 1 unspecified atom stereocenters. The summed E-state index contributed by atoms with van der Waals surface area (Å²) in [5.41, 5.74) is 0.293. The number of hydrogen-bond acceptors (Lipinski definition) is 6. The minimum Gasteiger partial charge on any atom is -0.342 e. The first-order valence-corrected chi connectivity index (χ1v) is 10.4. The minimum absolute atomic E-state index is 0.0213. The Morgan fingerprint density at radius 1 is 1.26 bits per heavy atom. The van der Waals surface area contributed by atoms with Crippen molar-refractivity contribution >= 4 is 17.8 Å². The third-order valence-corrected chi connectivity index (χ3v) is 5.66. The highest BCUT2D eigenvalue weighted by molar-refractivity contribution is 5.96. The Morgan fingerprint density at radius 2 is 2.10 bits per heavy atom. The van der Waals surface area contributed by atoms with Crippen molar-refractivity contribution in [3.63, 3.8) is 0 Å². The fourth-order valence-corrected chi connectivity index (χ4v) is 4.00. The number of nitrogens with one attached hydrogen (secondary N) is 1. The Balaban J connectivity index is 1.30. The molecule has 4 rings (SSSR count). The molecule has 2 fully saturated rings. The zero-order valence-corrected chi connectivity index (χ0v) is 17.1. The maximum absolute atomic E-state index is 13.9. The van der Waals surface area contributed by atoms with Gasteiger partial charge in [-0.25, -0.2) is 9.18 Å². The van der Waals surface area contributed by atoms with Gasteiger partial charge in [0.25, 0.3) is 0 Å². The molecule has 164 valence electrons. The number of halogens is 1. The molecule has 0 spiro atoms. The smallest absolute Gasteiger partial charge is 0.324 e. The molecule has 1 aromatic heterocycles. The summed E-state index contributed by atoms with van der Waals surface area (Å²) < 4.78 is 19.2. The van der Waals surface area contributed by atoms with Crippen LogP contribution >= 0.6 is 0 Å².